The van der Waals surface area contributed by atoms with Crippen LogP contribution in [0.5, 0.6) is 5.75 Å². The van der Waals surface area contributed by atoms with Crippen LogP contribution in [0, 0.1) is 17.8 Å². The highest BCUT2D eigenvalue weighted by Crippen LogP contribution is 2.36. The molecule has 1 aromatic rings. The first-order chi connectivity index (χ1) is 19.8. The molecule has 1 aliphatic carbocycles. The second kappa shape index (κ2) is 17.3. The molecule has 12 heteroatoms. The number of rotatable bonds is 16. The van der Waals surface area contributed by atoms with Crippen LogP contribution in [0.2, 0.25) is 0 Å². The number of alkyl halides is 3. The maximum Gasteiger partial charge on any atom is 0.416 e. The topological polar surface area (TPSA) is 143 Å². The van der Waals surface area contributed by atoms with Crippen molar-refractivity contribution in [1.82, 2.24) is 0 Å². The van der Waals surface area contributed by atoms with E-state index in [1.165, 1.54) is 18.2 Å². The lowest BCUT2D eigenvalue weighted by molar-refractivity contribution is -0.156. The second-order valence-corrected chi connectivity index (χ2v) is 10.5. The Morgan fingerprint density at radius 2 is 1.79 bits per heavy atom. The number of aliphatic hydroxyl groups excluding tert-OH is 4. The van der Waals surface area contributed by atoms with Crippen molar-refractivity contribution in [1.29, 1.82) is 0 Å². The van der Waals surface area contributed by atoms with Gasteiger partial charge in [0.25, 0.3) is 0 Å². The third kappa shape index (κ3) is 11.7. The molecule has 236 valence electrons. The SMILES string of the molecule is CC(C)OC(=O)CCC/C=C/C[C@@H]1[C@@H](/C=C/[C@H](COc2cccc(C(F)(F)F)c2)OC(=O)C(CO)CO)[C@H](O)C[C@@H]1O. The molecule has 1 aromatic carbocycles. The fourth-order valence-corrected chi connectivity index (χ4v) is 4.54. The van der Waals surface area contributed by atoms with Gasteiger partial charge in [-0.15, -0.1) is 0 Å². The van der Waals surface area contributed by atoms with Crippen LogP contribution in [-0.2, 0) is 25.2 Å². The van der Waals surface area contributed by atoms with Gasteiger partial charge in [-0.1, -0.05) is 24.3 Å². The summed E-state index contributed by atoms with van der Waals surface area (Å²) in [5, 5.41) is 39.7. The van der Waals surface area contributed by atoms with Gasteiger partial charge in [0, 0.05) is 18.8 Å². The second-order valence-electron chi connectivity index (χ2n) is 10.5. The first-order valence-corrected chi connectivity index (χ1v) is 14.0. The van der Waals surface area contributed by atoms with Crippen LogP contribution in [0.1, 0.15) is 51.5 Å². The number of allylic oxidation sites excluding steroid dienone is 2. The minimum absolute atomic E-state index is 0.114. The molecular formula is C30H41F3O9. The molecule has 0 bridgehead atoms. The summed E-state index contributed by atoms with van der Waals surface area (Å²) in [6.45, 7) is 1.81. The van der Waals surface area contributed by atoms with Crippen molar-refractivity contribution in [3.05, 3.63) is 54.1 Å². The predicted octanol–water partition coefficient (Wildman–Crippen LogP) is 3.58. The van der Waals surface area contributed by atoms with Gasteiger partial charge in [-0.05, 0) is 63.3 Å². The molecule has 0 amide bonds. The van der Waals surface area contributed by atoms with Gasteiger partial charge in [-0.2, -0.15) is 13.2 Å². The standard InChI is InChI=1S/C30H41F3O9/c1-19(2)41-28(38)11-6-4-3-5-10-24-25(27(37)15-26(24)36)13-12-23(42-29(39)20(16-34)17-35)18-40-22-9-7-8-21(14-22)30(31,32)33/h3,5,7-9,12-14,19-20,23-27,34-37H,4,6,10-11,15-18H2,1-2H3/b5-3+,13-12+/t23-,24-,25-,26+,27-/m1/s1. The van der Waals surface area contributed by atoms with Crippen molar-refractivity contribution in [2.45, 2.75) is 76.5 Å². The lowest BCUT2D eigenvalue weighted by atomic mass is 9.89. The molecule has 0 saturated heterocycles. The van der Waals surface area contributed by atoms with Crippen molar-refractivity contribution in [2.75, 3.05) is 19.8 Å². The molecule has 4 N–H and O–H groups in total. The van der Waals surface area contributed by atoms with E-state index in [1.807, 2.05) is 12.2 Å². The predicted molar refractivity (Wildman–Crippen MR) is 146 cm³/mol. The zero-order chi connectivity index (χ0) is 31.3. The van der Waals surface area contributed by atoms with Gasteiger partial charge in [0.2, 0.25) is 0 Å². The number of benzene rings is 1. The van der Waals surface area contributed by atoms with Gasteiger partial charge >= 0.3 is 18.1 Å². The number of hydrogen-bond donors (Lipinski definition) is 4. The zero-order valence-electron chi connectivity index (χ0n) is 23.8. The quantitative estimate of drug-likeness (QED) is 0.127. The number of hydrogen-bond acceptors (Lipinski definition) is 9. The first kappa shape index (κ1) is 35.3. The van der Waals surface area contributed by atoms with E-state index in [9.17, 15) is 43.2 Å². The maximum atomic E-state index is 13.1. The molecule has 0 aromatic heterocycles. The molecule has 42 heavy (non-hydrogen) atoms. The molecule has 0 unspecified atom stereocenters. The van der Waals surface area contributed by atoms with Crippen molar-refractivity contribution in [3.63, 3.8) is 0 Å². The number of esters is 2. The number of carbonyl (C=O) groups is 2. The Morgan fingerprint density at radius 1 is 1.07 bits per heavy atom. The molecular weight excluding hydrogens is 561 g/mol. The van der Waals surface area contributed by atoms with Gasteiger partial charge in [0.05, 0.1) is 37.1 Å². The van der Waals surface area contributed by atoms with Crippen LogP contribution >= 0.6 is 0 Å². The normalized spacial score (nSPS) is 21.9. The zero-order valence-corrected chi connectivity index (χ0v) is 23.8. The Hall–Kier alpha value is -2.93. The summed E-state index contributed by atoms with van der Waals surface area (Å²) in [6, 6.07) is 4.18. The molecule has 1 aliphatic rings. The van der Waals surface area contributed by atoms with E-state index in [2.05, 4.69) is 0 Å². The number of halogens is 3. The minimum Gasteiger partial charge on any atom is -0.489 e. The van der Waals surface area contributed by atoms with Crippen molar-refractivity contribution < 1.29 is 57.4 Å². The number of carbonyl (C=O) groups excluding carboxylic acids is 2. The molecule has 0 spiro atoms. The van der Waals surface area contributed by atoms with Gasteiger partial charge in [-0.3, -0.25) is 9.59 Å². The Kier molecular flexibility index (Phi) is 14.5. The molecule has 1 fully saturated rings. The first-order valence-electron chi connectivity index (χ1n) is 14.0. The van der Waals surface area contributed by atoms with Gasteiger partial charge in [-0.25, -0.2) is 0 Å². The third-order valence-corrected chi connectivity index (χ3v) is 6.77. The van der Waals surface area contributed by atoms with Crippen LogP contribution < -0.4 is 4.74 Å². The molecule has 9 nitrogen and oxygen atoms in total. The number of ether oxygens (including phenoxy) is 3. The van der Waals surface area contributed by atoms with Gasteiger partial charge in [0.15, 0.2) is 6.10 Å². The lowest BCUT2D eigenvalue weighted by Crippen LogP contribution is -2.31. The van der Waals surface area contributed by atoms with Crippen LogP contribution in [0.25, 0.3) is 0 Å². The molecule has 0 heterocycles. The summed E-state index contributed by atoms with van der Waals surface area (Å²) < 4.78 is 55.1. The van der Waals surface area contributed by atoms with Crippen LogP contribution in [0.15, 0.2) is 48.6 Å². The summed E-state index contributed by atoms with van der Waals surface area (Å²) in [5.41, 5.74) is -0.917. The summed E-state index contributed by atoms with van der Waals surface area (Å²) in [6.07, 6.45) is 1.19. The van der Waals surface area contributed by atoms with E-state index in [0.717, 1.165) is 12.1 Å². The molecule has 1 saturated carbocycles. The van der Waals surface area contributed by atoms with Crippen LogP contribution in [0.3, 0.4) is 0 Å². The van der Waals surface area contributed by atoms with Crippen molar-refractivity contribution >= 4 is 11.9 Å². The Bertz CT molecular complexity index is 1040. The van der Waals surface area contributed by atoms with Crippen molar-refractivity contribution in [2.24, 2.45) is 17.8 Å². The van der Waals surface area contributed by atoms with E-state index in [4.69, 9.17) is 14.2 Å². The Morgan fingerprint density at radius 3 is 2.43 bits per heavy atom. The molecule has 0 aliphatic heterocycles. The highest BCUT2D eigenvalue weighted by molar-refractivity contribution is 5.73. The largest absolute Gasteiger partial charge is 0.489 e. The maximum absolute atomic E-state index is 13.1. The summed E-state index contributed by atoms with van der Waals surface area (Å²) in [5.74, 6) is -3.45. The summed E-state index contributed by atoms with van der Waals surface area (Å²) in [7, 11) is 0. The molecule has 0 radical (unpaired) electrons. The fraction of sp³-hybridized carbons (Fsp3) is 0.600. The fourth-order valence-electron chi connectivity index (χ4n) is 4.54. The average molecular weight is 603 g/mol. The minimum atomic E-state index is -4.58. The van der Waals surface area contributed by atoms with E-state index >= 15 is 0 Å². The lowest BCUT2D eigenvalue weighted by Gasteiger charge is -2.22. The summed E-state index contributed by atoms with van der Waals surface area (Å²) in [4.78, 5) is 24.0. The summed E-state index contributed by atoms with van der Waals surface area (Å²) >= 11 is 0. The Balaban J connectivity index is 2.08. The van der Waals surface area contributed by atoms with Crippen molar-refractivity contribution in [3.8, 4) is 5.75 Å². The van der Waals surface area contributed by atoms with Crippen LogP contribution in [0.4, 0.5) is 13.2 Å². The van der Waals surface area contributed by atoms with E-state index in [0.29, 0.717) is 19.3 Å². The van der Waals surface area contributed by atoms with Crippen LogP contribution in [-0.4, -0.2) is 76.6 Å². The molecule has 5 atom stereocenters. The highest BCUT2D eigenvalue weighted by atomic mass is 19.4. The Labute approximate surface area is 243 Å². The van der Waals surface area contributed by atoms with E-state index in [-0.39, 0.29) is 43.2 Å². The van der Waals surface area contributed by atoms with E-state index < -0.39 is 61.1 Å². The monoisotopic (exact) mass is 602 g/mol. The third-order valence-electron chi connectivity index (χ3n) is 6.77. The van der Waals surface area contributed by atoms with E-state index in [1.54, 1.807) is 19.9 Å². The number of unbranched alkanes of at least 4 members (excludes halogenated alkanes) is 1. The average Bonchev–Trinajstić information content (AvgIpc) is 3.19. The smallest absolute Gasteiger partial charge is 0.416 e. The van der Waals surface area contributed by atoms with Gasteiger partial charge in [0.1, 0.15) is 18.3 Å². The molecule has 2 rings (SSSR count). The highest BCUT2D eigenvalue weighted by Gasteiger charge is 2.39. The number of aliphatic hydroxyl groups is 4. The van der Waals surface area contributed by atoms with Gasteiger partial charge < -0.3 is 34.6 Å².